The van der Waals surface area contributed by atoms with Gasteiger partial charge in [-0.2, -0.15) is 5.10 Å². The zero-order valence-electron chi connectivity index (χ0n) is 16.4. The summed E-state index contributed by atoms with van der Waals surface area (Å²) in [4.78, 5) is 25.7. The topological polar surface area (TPSA) is 87.5 Å². The summed E-state index contributed by atoms with van der Waals surface area (Å²) in [6.45, 7) is 5.23. The number of carboxylic acid groups (broad SMARTS) is 1. The molecule has 7 nitrogen and oxygen atoms in total. The monoisotopic (exact) mass is 372 g/mol. The van der Waals surface area contributed by atoms with Crippen molar-refractivity contribution in [2.24, 2.45) is 13.0 Å². The summed E-state index contributed by atoms with van der Waals surface area (Å²) in [5.74, 6) is -1.98. The third-order valence-corrected chi connectivity index (χ3v) is 4.73. The van der Waals surface area contributed by atoms with Gasteiger partial charge >= 0.3 is 5.97 Å². The van der Waals surface area contributed by atoms with Crippen LogP contribution >= 0.6 is 0 Å². The molecule has 0 aliphatic carbocycles. The Morgan fingerprint density at radius 1 is 1.26 bits per heavy atom. The number of aryl methyl sites for hydroxylation is 2. The molecule has 1 aromatic heterocycles. The Labute approximate surface area is 160 Å². The first-order chi connectivity index (χ1) is 12.8. The number of carboxylic acids is 1. The Hall–Kier alpha value is -2.67. The van der Waals surface area contributed by atoms with Gasteiger partial charge in [0.25, 0.3) is 0 Å². The molecule has 0 radical (unpaired) electrons. The molecule has 0 saturated heterocycles. The molecule has 1 amide bonds. The summed E-state index contributed by atoms with van der Waals surface area (Å²) in [7, 11) is 3.76. The van der Waals surface area contributed by atoms with Crippen LogP contribution in [0.4, 0.5) is 0 Å². The van der Waals surface area contributed by atoms with Gasteiger partial charge in [0.15, 0.2) is 0 Å². The van der Waals surface area contributed by atoms with Crippen LogP contribution < -0.4 is 5.32 Å². The molecule has 0 aliphatic heterocycles. The number of carbonyl (C=O) groups excluding carboxylic acids is 1. The van der Waals surface area contributed by atoms with E-state index in [1.807, 2.05) is 67.9 Å². The van der Waals surface area contributed by atoms with E-state index < -0.39 is 11.9 Å². The minimum absolute atomic E-state index is 0.0441. The number of aromatic nitrogens is 2. The summed E-state index contributed by atoms with van der Waals surface area (Å²) in [6, 6.07) is 9.55. The van der Waals surface area contributed by atoms with E-state index in [0.29, 0.717) is 19.6 Å². The maximum Gasteiger partial charge on any atom is 0.308 e. The normalized spacial score (nSPS) is 12.2. The standard InChI is InChI=1S/C20H28N4O3/c1-14-18(15(2)24(4)22-14)13-23(3)12-17(20(26)27)10-19(25)21-11-16-8-6-5-7-9-16/h5-9,17H,10-13H2,1-4H3,(H,21,25)(H,26,27). The predicted octanol–water partition coefficient (Wildman–Crippen LogP) is 1.88. The van der Waals surface area contributed by atoms with E-state index in [0.717, 1.165) is 22.5 Å². The minimum Gasteiger partial charge on any atom is -0.481 e. The second kappa shape index (κ2) is 9.32. The van der Waals surface area contributed by atoms with E-state index in [2.05, 4.69) is 10.4 Å². The highest BCUT2D eigenvalue weighted by Gasteiger charge is 2.24. The molecule has 2 rings (SSSR count). The second-order valence-corrected chi connectivity index (χ2v) is 6.97. The summed E-state index contributed by atoms with van der Waals surface area (Å²) in [6.07, 6.45) is -0.0441. The molecule has 0 aliphatic rings. The fourth-order valence-electron chi connectivity index (χ4n) is 3.08. The summed E-state index contributed by atoms with van der Waals surface area (Å²) >= 11 is 0. The van der Waals surface area contributed by atoms with Crippen molar-refractivity contribution in [3.63, 3.8) is 0 Å². The molecule has 1 heterocycles. The van der Waals surface area contributed by atoms with Gasteiger partial charge in [0.1, 0.15) is 0 Å². The Kier molecular flexibility index (Phi) is 7.12. The van der Waals surface area contributed by atoms with Crippen molar-refractivity contribution < 1.29 is 14.7 Å². The lowest BCUT2D eigenvalue weighted by Crippen LogP contribution is -2.35. The van der Waals surface area contributed by atoms with Gasteiger partial charge in [-0.1, -0.05) is 30.3 Å². The van der Waals surface area contributed by atoms with E-state index in [-0.39, 0.29) is 12.3 Å². The van der Waals surface area contributed by atoms with Crippen LogP contribution in [-0.2, 0) is 29.7 Å². The molecule has 1 unspecified atom stereocenters. The van der Waals surface area contributed by atoms with E-state index in [9.17, 15) is 14.7 Å². The van der Waals surface area contributed by atoms with E-state index in [1.165, 1.54) is 0 Å². The Morgan fingerprint density at radius 2 is 1.93 bits per heavy atom. The van der Waals surface area contributed by atoms with Crippen LogP contribution in [0.1, 0.15) is 28.9 Å². The first-order valence-electron chi connectivity index (χ1n) is 8.99. The van der Waals surface area contributed by atoms with Gasteiger partial charge in [0.05, 0.1) is 11.6 Å². The second-order valence-electron chi connectivity index (χ2n) is 6.97. The zero-order chi connectivity index (χ0) is 20.0. The van der Waals surface area contributed by atoms with Crippen LogP contribution in [-0.4, -0.2) is 45.3 Å². The predicted molar refractivity (Wildman–Crippen MR) is 103 cm³/mol. The van der Waals surface area contributed by atoms with Gasteiger partial charge in [-0.25, -0.2) is 0 Å². The largest absolute Gasteiger partial charge is 0.481 e. The average Bonchev–Trinajstić information content (AvgIpc) is 2.86. The number of benzene rings is 1. The molecule has 0 fully saturated rings. The Balaban J connectivity index is 1.90. The van der Waals surface area contributed by atoms with Gasteiger partial charge < -0.3 is 15.3 Å². The Morgan fingerprint density at radius 3 is 2.48 bits per heavy atom. The lowest BCUT2D eigenvalue weighted by molar-refractivity contribution is -0.144. The van der Waals surface area contributed by atoms with Crippen LogP contribution in [0.3, 0.4) is 0 Å². The van der Waals surface area contributed by atoms with Crippen molar-refractivity contribution in [3.05, 3.63) is 52.8 Å². The lowest BCUT2D eigenvalue weighted by Gasteiger charge is -2.21. The van der Waals surface area contributed by atoms with Crippen LogP contribution in [0.15, 0.2) is 30.3 Å². The van der Waals surface area contributed by atoms with E-state index >= 15 is 0 Å². The number of nitrogens with one attached hydrogen (secondary N) is 1. The molecule has 2 aromatic rings. The summed E-state index contributed by atoms with van der Waals surface area (Å²) in [5, 5.41) is 16.7. The van der Waals surface area contributed by atoms with Crippen molar-refractivity contribution >= 4 is 11.9 Å². The highest BCUT2D eigenvalue weighted by Crippen LogP contribution is 2.16. The molecule has 27 heavy (non-hydrogen) atoms. The van der Waals surface area contributed by atoms with Crippen LogP contribution in [0.5, 0.6) is 0 Å². The van der Waals surface area contributed by atoms with Gasteiger partial charge in [-0.05, 0) is 26.5 Å². The lowest BCUT2D eigenvalue weighted by atomic mass is 10.0. The van der Waals surface area contributed by atoms with Gasteiger partial charge in [0.2, 0.25) is 5.91 Å². The maximum atomic E-state index is 12.2. The third-order valence-electron chi connectivity index (χ3n) is 4.73. The van der Waals surface area contributed by atoms with Crippen molar-refractivity contribution in [1.29, 1.82) is 0 Å². The molecular formula is C20H28N4O3. The number of hydrogen-bond acceptors (Lipinski definition) is 4. The highest BCUT2D eigenvalue weighted by atomic mass is 16.4. The first-order valence-corrected chi connectivity index (χ1v) is 8.99. The molecule has 1 aromatic carbocycles. The van der Waals surface area contributed by atoms with E-state index in [4.69, 9.17) is 0 Å². The molecule has 0 bridgehead atoms. The number of carbonyl (C=O) groups is 2. The fraction of sp³-hybridized carbons (Fsp3) is 0.450. The number of amides is 1. The van der Waals surface area contributed by atoms with Crippen LogP contribution in [0, 0.1) is 19.8 Å². The highest BCUT2D eigenvalue weighted by molar-refractivity contribution is 5.82. The number of hydrogen-bond donors (Lipinski definition) is 2. The first kappa shape index (κ1) is 20.6. The smallest absolute Gasteiger partial charge is 0.308 e. The molecule has 2 N–H and O–H groups in total. The van der Waals surface area contributed by atoms with Crippen molar-refractivity contribution in [2.45, 2.75) is 33.4 Å². The summed E-state index contributed by atoms with van der Waals surface area (Å²) < 4.78 is 1.82. The van der Waals surface area contributed by atoms with Gasteiger partial charge in [-0.3, -0.25) is 14.3 Å². The molecular weight excluding hydrogens is 344 g/mol. The van der Waals surface area contributed by atoms with Gasteiger partial charge in [-0.15, -0.1) is 0 Å². The molecule has 1 atom stereocenters. The maximum absolute atomic E-state index is 12.2. The van der Waals surface area contributed by atoms with E-state index in [1.54, 1.807) is 0 Å². The quantitative estimate of drug-likeness (QED) is 0.702. The average molecular weight is 372 g/mol. The van der Waals surface area contributed by atoms with Crippen LogP contribution in [0.25, 0.3) is 0 Å². The SMILES string of the molecule is Cc1nn(C)c(C)c1CN(C)CC(CC(=O)NCc1ccccc1)C(=O)O. The van der Waals surface area contributed by atoms with Gasteiger partial charge in [0, 0.05) is 44.4 Å². The van der Waals surface area contributed by atoms with Crippen molar-refractivity contribution in [2.75, 3.05) is 13.6 Å². The Bertz CT molecular complexity index is 786. The van der Waals surface area contributed by atoms with Crippen molar-refractivity contribution in [3.8, 4) is 0 Å². The molecule has 0 spiro atoms. The molecule has 7 heteroatoms. The van der Waals surface area contributed by atoms with Crippen LogP contribution in [0.2, 0.25) is 0 Å². The number of rotatable bonds is 9. The third kappa shape index (κ3) is 5.92. The summed E-state index contributed by atoms with van der Waals surface area (Å²) in [5.41, 5.74) is 4.08. The fourth-order valence-corrected chi connectivity index (χ4v) is 3.08. The minimum atomic E-state index is -0.962. The molecule has 0 saturated carbocycles. The number of aliphatic carboxylic acids is 1. The number of nitrogens with zero attached hydrogens (tertiary/aromatic N) is 3. The molecule has 146 valence electrons. The zero-order valence-corrected chi connectivity index (χ0v) is 16.4. The van der Waals surface area contributed by atoms with Crippen molar-refractivity contribution in [1.82, 2.24) is 20.0 Å².